The molecule has 2 fully saturated rings. The van der Waals surface area contributed by atoms with Gasteiger partial charge in [-0.15, -0.1) is 0 Å². The van der Waals surface area contributed by atoms with Crippen molar-refractivity contribution in [2.24, 2.45) is 5.92 Å². The van der Waals surface area contributed by atoms with Crippen LogP contribution in [0, 0.1) is 19.8 Å². The number of hydrogen-bond donors (Lipinski definition) is 2. The fourth-order valence-electron chi connectivity index (χ4n) is 4.20. The molecule has 0 unspecified atom stereocenters. The summed E-state index contributed by atoms with van der Waals surface area (Å²) in [4.78, 5) is 43.0. The first-order valence-electron chi connectivity index (χ1n) is 10.2. The van der Waals surface area contributed by atoms with Crippen LogP contribution in [0.4, 0.5) is 10.5 Å². The summed E-state index contributed by atoms with van der Waals surface area (Å²) in [5, 5.41) is 9.91. The summed E-state index contributed by atoms with van der Waals surface area (Å²) in [7, 11) is 0. The van der Waals surface area contributed by atoms with Crippen molar-refractivity contribution in [1.29, 1.82) is 0 Å². The number of aryl methyl sites for hydroxylation is 2. The number of nitrogens with one attached hydrogen (secondary N) is 2. The maximum absolute atomic E-state index is 12.9. The van der Waals surface area contributed by atoms with E-state index < -0.39 is 17.5 Å². The second-order valence-electron chi connectivity index (χ2n) is 8.38. The van der Waals surface area contributed by atoms with Gasteiger partial charge in [0.2, 0.25) is 5.91 Å². The molecule has 4 rings (SSSR count). The van der Waals surface area contributed by atoms with E-state index in [1.54, 1.807) is 16.8 Å². The van der Waals surface area contributed by atoms with Crippen LogP contribution in [0.5, 0.6) is 0 Å². The van der Waals surface area contributed by atoms with E-state index >= 15 is 0 Å². The minimum atomic E-state index is -0.840. The summed E-state index contributed by atoms with van der Waals surface area (Å²) in [5.41, 5.74) is 1.50. The molecule has 1 aliphatic carbocycles. The number of amides is 4. The molecular weight excluding hydrogens is 384 g/mol. The number of carbonyl (C=O) groups is 3. The molecule has 9 heteroatoms. The minimum Gasteiger partial charge on any atom is -0.323 e. The predicted octanol–water partition coefficient (Wildman–Crippen LogP) is 2.32. The molecule has 0 radical (unpaired) electrons. The van der Waals surface area contributed by atoms with Crippen molar-refractivity contribution in [3.63, 3.8) is 0 Å². The summed E-state index contributed by atoms with van der Waals surface area (Å²) in [5.74, 6) is 0.441. The van der Waals surface area contributed by atoms with E-state index in [1.165, 1.54) is 6.20 Å². The molecule has 1 saturated heterocycles. The van der Waals surface area contributed by atoms with Crippen LogP contribution in [0.3, 0.4) is 0 Å². The molecule has 1 aliphatic heterocycles. The Hall–Kier alpha value is -3.23. The number of nitrogens with zero attached hydrogens (tertiary/aromatic N) is 4. The minimum absolute atomic E-state index is 0.299. The average molecular weight is 410 g/mol. The monoisotopic (exact) mass is 410 g/mol. The number of rotatable bonds is 4. The molecule has 1 saturated carbocycles. The molecule has 2 aromatic rings. The van der Waals surface area contributed by atoms with Crippen molar-refractivity contribution in [3.8, 4) is 5.82 Å². The smallest absolute Gasteiger partial charge is 0.323 e. The van der Waals surface area contributed by atoms with Crippen molar-refractivity contribution in [2.45, 2.75) is 52.0 Å². The van der Waals surface area contributed by atoms with Gasteiger partial charge in [0.1, 0.15) is 12.1 Å². The molecule has 0 atom stereocenters. The van der Waals surface area contributed by atoms with Gasteiger partial charge in [0.15, 0.2) is 5.82 Å². The molecule has 2 aromatic heterocycles. The molecule has 30 heavy (non-hydrogen) atoms. The highest BCUT2D eigenvalue weighted by atomic mass is 16.2. The second-order valence-corrected chi connectivity index (χ2v) is 8.38. The highest BCUT2D eigenvalue weighted by molar-refractivity contribution is 6.10. The summed E-state index contributed by atoms with van der Waals surface area (Å²) in [6, 6.07) is 4.92. The fourth-order valence-corrected chi connectivity index (χ4v) is 4.20. The zero-order valence-electron chi connectivity index (χ0n) is 17.4. The Balaban J connectivity index is 1.39. The number of hydrogen-bond acceptors (Lipinski definition) is 5. The van der Waals surface area contributed by atoms with E-state index in [2.05, 4.69) is 27.6 Å². The summed E-state index contributed by atoms with van der Waals surface area (Å²) >= 11 is 0. The van der Waals surface area contributed by atoms with Gasteiger partial charge in [0.05, 0.1) is 17.6 Å². The van der Waals surface area contributed by atoms with Gasteiger partial charge in [-0.2, -0.15) is 5.10 Å². The number of carbonyl (C=O) groups excluding carboxylic acids is 3. The van der Waals surface area contributed by atoms with Crippen LogP contribution in [0.15, 0.2) is 24.4 Å². The molecule has 1 spiro atoms. The standard InChI is InChI=1S/C21H26N6O3/c1-13-6-8-21(9-7-13)19(29)26(20(30)24-21)12-18(28)23-16-4-5-17(22-11-16)27-15(3)10-14(2)25-27/h4-5,10-11,13H,6-9,12H2,1-3H3,(H,23,28)(H,24,30). The number of pyridine rings is 1. The number of urea groups is 1. The zero-order chi connectivity index (χ0) is 21.5. The van der Waals surface area contributed by atoms with E-state index in [9.17, 15) is 14.4 Å². The van der Waals surface area contributed by atoms with Crippen molar-refractivity contribution >= 4 is 23.5 Å². The Morgan fingerprint density at radius 1 is 1.27 bits per heavy atom. The Kier molecular flexibility index (Phi) is 5.05. The van der Waals surface area contributed by atoms with Crippen LogP contribution in [0.25, 0.3) is 5.82 Å². The number of imide groups is 1. The third kappa shape index (κ3) is 3.67. The van der Waals surface area contributed by atoms with Gasteiger partial charge in [-0.25, -0.2) is 14.5 Å². The van der Waals surface area contributed by atoms with Crippen LogP contribution in [0.2, 0.25) is 0 Å². The van der Waals surface area contributed by atoms with Gasteiger partial charge < -0.3 is 10.6 Å². The van der Waals surface area contributed by atoms with Crippen LogP contribution in [-0.2, 0) is 9.59 Å². The molecule has 0 bridgehead atoms. The zero-order valence-corrected chi connectivity index (χ0v) is 17.4. The van der Waals surface area contributed by atoms with Gasteiger partial charge in [-0.1, -0.05) is 6.92 Å². The lowest BCUT2D eigenvalue weighted by Crippen LogP contribution is -2.49. The quantitative estimate of drug-likeness (QED) is 0.752. The van der Waals surface area contributed by atoms with Crippen LogP contribution in [-0.4, -0.2) is 49.6 Å². The molecule has 2 aliphatic rings. The Morgan fingerprint density at radius 2 is 2.00 bits per heavy atom. The third-order valence-electron chi connectivity index (χ3n) is 5.93. The second kappa shape index (κ2) is 7.55. The average Bonchev–Trinajstić information content (AvgIpc) is 3.16. The first kappa shape index (κ1) is 20.1. The molecular formula is C21H26N6O3. The van der Waals surface area contributed by atoms with Crippen molar-refractivity contribution < 1.29 is 14.4 Å². The predicted molar refractivity (Wildman–Crippen MR) is 110 cm³/mol. The summed E-state index contributed by atoms with van der Waals surface area (Å²) in [6.07, 6.45) is 4.54. The normalized spacial score (nSPS) is 23.7. The Labute approximate surface area is 174 Å². The maximum atomic E-state index is 12.9. The van der Waals surface area contributed by atoms with Crippen molar-refractivity contribution in [1.82, 2.24) is 25.0 Å². The van der Waals surface area contributed by atoms with E-state index in [-0.39, 0.29) is 12.5 Å². The summed E-state index contributed by atoms with van der Waals surface area (Å²) in [6.45, 7) is 5.68. The molecule has 4 amide bonds. The Morgan fingerprint density at radius 3 is 2.60 bits per heavy atom. The SMILES string of the molecule is Cc1cc(C)n(-c2ccc(NC(=O)CN3C(=O)NC4(CCC(C)CC4)C3=O)cn2)n1. The number of aromatic nitrogens is 3. The molecule has 9 nitrogen and oxygen atoms in total. The lowest BCUT2D eigenvalue weighted by Gasteiger charge is -2.33. The van der Waals surface area contributed by atoms with Gasteiger partial charge >= 0.3 is 6.03 Å². The van der Waals surface area contributed by atoms with E-state index in [1.807, 2.05) is 19.9 Å². The summed E-state index contributed by atoms with van der Waals surface area (Å²) < 4.78 is 1.72. The van der Waals surface area contributed by atoms with Crippen LogP contribution >= 0.6 is 0 Å². The highest BCUT2D eigenvalue weighted by Crippen LogP contribution is 2.36. The Bertz CT molecular complexity index is 989. The third-order valence-corrected chi connectivity index (χ3v) is 5.93. The fraction of sp³-hybridized carbons (Fsp3) is 0.476. The van der Waals surface area contributed by atoms with Crippen LogP contribution < -0.4 is 10.6 Å². The van der Waals surface area contributed by atoms with Crippen LogP contribution in [0.1, 0.15) is 44.0 Å². The molecule has 2 N–H and O–H groups in total. The van der Waals surface area contributed by atoms with Gasteiger partial charge in [-0.3, -0.25) is 14.5 Å². The number of anilines is 1. The molecule has 158 valence electrons. The van der Waals surface area contributed by atoms with Gasteiger partial charge in [0, 0.05) is 5.69 Å². The maximum Gasteiger partial charge on any atom is 0.325 e. The van der Waals surface area contributed by atoms with Crippen molar-refractivity contribution in [2.75, 3.05) is 11.9 Å². The van der Waals surface area contributed by atoms with Gasteiger partial charge in [0.25, 0.3) is 5.91 Å². The highest BCUT2D eigenvalue weighted by Gasteiger charge is 2.52. The van der Waals surface area contributed by atoms with E-state index in [4.69, 9.17) is 0 Å². The topological polar surface area (TPSA) is 109 Å². The largest absolute Gasteiger partial charge is 0.325 e. The van der Waals surface area contributed by atoms with E-state index in [0.717, 1.165) is 29.1 Å². The van der Waals surface area contributed by atoms with Gasteiger partial charge in [-0.05, 0) is 63.6 Å². The first-order valence-corrected chi connectivity index (χ1v) is 10.2. The van der Waals surface area contributed by atoms with E-state index in [0.29, 0.717) is 30.3 Å². The first-order chi connectivity index (χ1) is 14.3. The van der Waals surface area contributed by atoms with Crippen molar-refractivity contribution in [3.05, 3.63) is 35.8 Å². The lowest BCUT2D eigenvalue weighted by atomic mass is 9.77. The molecule has 3 heterocycles. The molecule has 0 aromatic carbocycles. The lowest BCUT2D eigenvalue weighted by molar-refractivity contribution is -0.135.